The number of rotatable bonds is 4. The number of anilines is 1. The van der Waals surface area contributed by atoms with E-state index in [4.69, 9.17) is 11.6 Å². The molecule has 0 radical (unpaired) electrons. The summed E-state index contributed by atoms with van der Waals surface area (Å²) in [6.07, 6.45) is 0.927. The van der Waals surface area contributed by atoms with E-state index in [9.17, 15) is 4.79 Å². The van der Waals surface area contributed by atoms with Gasteiger partial charge in [0.25, 0.3) is 0 Å². The second-order valence-electron chi connectivity index (χ2n) is 7.44. The zero-order valence-electron chi connectivity index (χ0n) is 16.5. The number of carbonyl (C=O) groups is 1. The lowest BCUT2D eigenvalue weighted by atomic mass is 10.00. The first-order valence-electron chi connectivity index (χ1n) is 10.0. The number of nitrogens with one attached hydrogen (secondary N) is 1. The SMILES string of the molecule is CC(C(=O)N1CCCN(c2cc(-c3ccc(Cl)cc3)[nH]n2)CC1)c1ccccc1. The molecule has 1 aliphatic heterocycles. The van der Waals surface area contributed by atoms with Crippen LogP contribution in [0.25, 0.3) is 11.3 Å². The van der Waals surface area contributed by atoms with E-state index in [-0.39, 0.29) is 11.8 Å². The average molecular weight is 409 g/mol. The molecule has 0 bridgehead atoms. The molecule has 29 heavy (non-hydrogen) atoms. The van der Waals surface area contributed by atoms with E-state index in [1.54, 1.807) is 0 Å². The minimum Gasteiger partial charge on any atom is -0.353 e. The van der Waals surface area contributed by atoms with Crippen molar-refractivity contribution in [3.8, 4) is 11.3 Å². The van der Waals surface area contributed by atoms with E-state index in [2.05, 4.69) is 21.2 Å². The Balaban J connectivity index is 1.41. The molecule has 1 amide bonds. The van der Waals surface area contributed by atoms with Crippen LogP contribution in [-0.2, 0) is 4.79 Å². The highest BCUT2D eigenvalue weighted by Gasteiger charge is 2.25. The van der Waals surface area contributed by atoms with Crippen molar-refractivity contribution in [1.82, 2.24) is 15.1 Å². The summed E-state index contributed by atoms with van der Waals surface area (Å²) >= 11 is 5.98. The lowest BCUT2D eigenvalue weighted by molar-refractivity contribution is -0.132. The number of hydrogen-bond donors (Lipinski definition) is 1. The predicted molar refractivity (Wildman–Crippen MR) is 117 cm³/mol. The molecule has 6 heteroatoms. The maximum Gasteiger partial charge on any atom is 0.229 e. The Morgan fingerprint density at radius 3 is 2.55 bits per heavy atom. The van der Waals surface area contributed by atoms with Crippen molar-refractivity contribution in [2.24, 2.45) is 0 Å². The van der Waals surface area contributed by atoms with Gasteiger partial charge in [-0.15, -0.1) is 0 Å². The molecular weight excluding hydrogens is 384 g/mol. The number of aromatic amines is 1. The largest absolute Gasteiger partial charge is 0.353 e. The number of nitrogens with zero attached hydrogens (tertiary/aromatic N) is 3. The van der Waals surface area contributed by atoms with Crippen LogP contribution < -0.4 is 4.90 Å². The van der Waals surface area contributed by atoms with Crippen LogP contribution in [0.15, 0.2) is 60.7 Å². The number of amides is 1. The van der Waals surface area contributed by atoms with Crippen molar-refractivity contribution >= 4 is 23.3 Å². The fourth-order valence-electron chi connectivity index (χ4n) is 3.78. The van der Waals surface area contributed by atoms with Gasteiger partial charge in [-0.25, -0.2) is 0 Å². The zero-order chi connectivity index (χ0) is 20.2. The quantitative estimate of drug-likeness (QED) is 0.687. The summed E-state index contributed by atoms with van der Waals surface area (Å²) in [5.41, 5.74) is 3.08. The number of halogens is 1. The van der Waals surface area contributed by atoms with Gasteiger partial charge >= 0.3 is 0 Å². The van der Waals surface area contributed by atoms with Crippen molar-refractivity contribution in [2.45, 2.75) is 19.3 Å². The van der Waals surface area contributed by atoms with Crippen molar-refractivity contribution < 1.29 is 4.79 Å². The minimum atomic E-state index is -0.121. The predicted octanol–water partition coefficient (Wildman–Crippen LogP) is 4.57. The molecule has 2 aromatic carbocycles. The lowest BCUT2D eigenvalue weighted by Crippen LogP contribution is -2.37. The van der Waals surface area contributed by atoms with Gasteiger partial charge in [-0.1, -0.05) is 54.1 Å². The Bertz CT molecular complexity index is 955. The van der Waals surface area contributed by atoms with E-state index in [0.29, 0.717) is 6.54 Å². The molecule has 5 nitrogen and oxygen atoms in total. The Hall–Kier alpha value is -2.79. The monoisotopic (exact) mass is 408 g/mol. The third-order valence-corrected chi connectivity index (χ3v) is 5.77. The van der Waals surface area contributed by atoms with Crippen LogP contribution in [0, 0.1) is 0 Å². The summed E-state index contributed by atoms with van der Waals surface area (Å²) in [7, 11) is 0. The van der Waals surface area contributed by atoms with Gasteiger partial charge in [0.1, 0.15) is 0 Å². The zero-order valence-corrected chi connectivity index (χ0v) is 17.3. The van der Waals surface area contributed by atoms with Crippen molar-refractivity contribution in [3.05, 3.63) is 71.2 Å². The summed E-state index contributed by atoms with van der Waals surface area (Å²) in [5, 5.41) is 8.33. The lowest BCUT2D eigenvalue weighted by Gasteiger charge is -2.25. The molecule has 1 atom stereocenters. The van der Waals surface area contributed by atoms with Gasteiger partial charge in [-0.2, -0.15) is 5.10 Å². The summed E-state index contributed by atoms with van der Waals surface area (Å²) < 4.78 is 0. The normalized spacial score (nSPS) is 15.8. The molecule has 0 spiro atoms. The number of carbonyl (C=O) groups excluding carboxylic acids is 1. The molecule has 0 aliphatic carbocycles. The molecule has 1 saturated heterocycles. The van der Waals surface area contributed by atoms with E-state index in [1.165, 1.54) is 0 Å². The standard InChI is InChI=1S/C23H25ClN4O/c1-17(18-6-3-2-4-7-18)23(29)28-13-5-12-27(14-15-28)22-16-21(25-26-22)19-8-10-20(24)11-9-19/h2-4,6-11,16-17H,5,12-15H2,1H3,(H,25,26). The molecule has 0 saturated carbocycles. The van der Waals surface area contributed by atoms with E-state index in [1.807, 2.05) is 66.4 Å². The first kappa shape index (κ1) is 19.5. The maximum atomic E-state index is 13.0. The van der Waals surface area contributed by atoms with Crippen LogP contribution in [0.5, 0.6) is 0 Å². The Morgan fingerprint density at radius 2 is 1.79 bits per heavy atom. The van der Waals surface area contributed by atoms with Gasteiger partial charge in [0, 0.05) is 37.3 Å². The van der Waals surface area contributed by atoms with Gasteiger partial charge in [0.2, 0.25) is 5.91 Å². The summed E-state index contributed by atoms with van der Waals surface area (Å²) in [4.78, 5) is 17.2. The van der Waals surface area contributed by atoms with Crippen LogP contribution in [0.4, 0.5) is 5.82 Å². The molecule has 1 N–H and O–H groups in total. The minimum absolute atomic E-state index is 0.121. The molecule has 2 heterocycles. The van der Waals surface area contributed by atoms with Crippen molar-refractivity contribution in [1.29, 1.82) is 0 Å². The summed E-state index contributed by atoms with van der Waals surface area (Å²) in [6, 6.07) is 19.8. The maximum absolute atomic E-state index is 13.0. The third kappa shape index (κ3) is 4.46. The molecule has 4 rings (SSSR count). The smallest absolute Gasteiger partial charge is 0.229 e. The topological polar surface area (TPSA) is 52.2 Å². The van der Waals surface area contributed by atoms with Crippen molar-refractivity contribution in [2.75, 3.05) is 31.1 Å². The Morgan fingerprint density at radius 1 is 1.03 bits per heavy atom. The highest BCUT2D eigenvalue weighted by molar-refractivity contribution is 6.30. The van der Waals surface area contributed by atoms with Crippen LogP contribution >= 0.6 is 11.6 Å². The third-order valence-electron chi connectivity index (χ3n) is 5.52. The first-order valence-corrected chi connectivity index (χ1v) is 10.4. The number of hydrogen-bond acceptors (Lipinski definition) is 3. The van der Waals surface area contributed by atoms with Gasteiger partial charge in [-0.05, 0) is 36.6 Å². The summed E-state index contributed by atoms with van der Waals surface area (Å²) in [5.74, 6) is 0.993. The highest BCUT2D eigenvalue weighted by atomic mass is 35.5. The molecule has 150 valence electrons. The van der Waals surface area contributed by atoms with Gasteiger partial charge in [-0.3, -0.25) is 9.89 Å². The van der Waals surface area contributed by atoms with E-state index in [0.717, 1.165) is 53.7 Å². The van der Waals surface area contributed by atoms with Crippen LogP contribution in [0.2, 0.25) is 5.02 Å². The number of benzene rings is 2. The second kappa shape index (κ2) is 8.70. The van der Waals surface area contributed by atoms with Crippen molar-refractivity contribution in [3.63, 3.8) is 0 Å². The van der Waals surface area contributed by atoms with E-state index < -0.39 is 0 Å². The van der Waals surface area contributed by atoms with Gasteiger partial charge in [0.05, 0.1) is 11.6 Å². The molecule has 1 aromatic heterocycles. The Kier molecular flexibility index (Phi) is 5.86. The first-order chi connectivity index (χ1) is 14.1. The fraction of sp³-hybridized carbons (Fsp3) is 0.304. The molecular formula is C23H25ClN4O. The second-order valence-corrected chi connectivity index (χ2v) is 7.88. The van der Waals surface area contributed by atoms with Crippen LogP contribution in [0.3, 0.4) is 0 Å². The summed E-state index contributed by atoms with van der Waals surface area (Å²) in [6.45, 7) is 5.14. The van der Waals surface area contributed by atoms with Gasteiger partial charge in [0.15, 0.2) is 5.82 Å². The molecule has 1 aliphatic rings. The van der Waals surface area contributed by atoms with E-state index >= 15 is 0 Å². The van der Waals surface area contributed by atoms with Crippen LogP contribution in [0.1, 0.15) is 24.8 Å². The van der Waals surface area contributed by atoms with Crippen LogP contribution in [-0.4, -0.2) is 47.2 Å². The van der Waals surface area contributed by atoms with Gasteiger partial charge < -0.3 is 9.80 Å². The molecule has 1 unspecified atom stereocenters. The number of H-pyrrole nitrogens is 1. The average Bonchev–Trinajstić information content (AvgIpc) is 3.12. The molecule has 1 fully saturated rings. The number of aromatic nitrogens is 2. The molecule has 3 aromatic rings. The highest BCUT2D eigenvalue weighted by Crippen LogP contribution is 2.25. The fourth-order valence-corrected chi connectivity index (χ4v) is 3.90. The Labute approximate surface area is 176 Å².